The van der Waals surface area contributed by atoms with Crippen molar-refractivity contribution in [2.45, 2.75) is 19.8 Å². The molecule has 0 radical (unpaired) electrons. The van der Waals surface area contributed by atoms with Gasteiger partial charge in [-0.2, -0.15) is 0 Å². The number of nitrogens with zero attached hydrogens (tertiary/aromatic N) is 1. The summed E-state index contributed by atoms with van der Waals surface area (Å²) in [6.45, 7) is 2.45. The third-order valence-electron chi connectivity index (χ3n) is 1.98. The van der Waals surface area contributed by atoms with Crippen molar-refractivity contribution in [3.63, 3.8) is 0 Å². The summed E-state index contributed by atoms with van der Waals surface area (Å²) in [5.41, 5.74) is 0.992. The molecule has 0 aliphatic heterocycles. The van der Waals surface area contributed by atoms with Crippen molar-refractivity contribution in [1.82, 2.24) is 9.71 Å². The molecule has 0 amide bonds. The Bertz CT molecular complexity index is 376. The van der Waals surface area contributed by atoms with Crippen molar-refractivity contribution >= 4 is 10.0 Å². The first kappa shape index (κ1) is 12.1. The van der Waals surface area contributed by atoms with Crippen molar-refractivity contribution in [1.29, 1.82) is 0 Å². The van der Waals surface area contributed by atoms with Crippen LogP contribution in [-0.4, -0.2) is 25.7 Å². The van der Waals surface area contributed by atoms with Crippen LogP contribution in [0.3, 0.4) is 0 Å². The molecule has 0 saturated carbocycles. The molecule has 1 aromatic rings. The molecule has 0 atom stereocenters. The fourth-order valence-corrected chi connectivity index (χ4v) is 2.30. The molecule has 0 bridgehead atoms. The van der Waals surface area contributed by atoms with Gasteiger partial charge in [-0.25, -0.2) is 13.1 Å². The Balaban J connectivity index is 2.43. The molecule has 1 aromatic heterocycles. The van der Waals surface area contributed by atoms with E-state index in [-0.39, 0.29) is 5.75 Å². The van der Waals surface area contributed by atoms with Crippen LogP contribution in [0.1, 0.15) is 18.9 Å². The highest BCUT2D eigenvalue weighted by Gasteiger charge is 2.08. The van der Waals surface area contributed by atoms with Gasteiger partial charge < -0.3 is 0 Å². The summed E-state index contributed by atoms with van der Waals surface area (Å²) in [6.07, 6.45) is 4.68. The van der Waals surface area contributed by atoms with Gasteiger partial charge in [-0.05, 0) is 30.5 Å². The lowest BCUT2D eigenvalue weighted by molar-refractivity contribution is 0.580. The fraction of sp³-hybridized carbons (Fsp3) is 0.500. The molecule has 0 aliphatic rings. The minimum absolute atomic E-state index is 0.136. The quantitative estimate of drug-likeness (QED) is 0.788. The topological polar surface area (TPSA) is 59.1 Å². The highest BCUT2D eigenvalue weighted by Crippen LogP contribution is 1.99. The molecule has 5 heteroatoms. The lowest BCUT2D eigenvalue weighted by Gasteiger charge is -2.04. The van der Waals surface area contributed by atoms with Crippen molar-refractivity contribution < 1.29 is 8.42 Å². The monoisotopic (exact) mass is 228 g/mol. The number of hydrogen-bond donors (Lipinski definition) is 1. The Morgan fingerprint density at radius 1 is 1.33 bits per heavy atom. The van der Waals surface area contributed by atoms with Crippen LogP contribution in [0.2, 0.25) is 0 Å². The van der Waals surface area contributed by atoms with E-state index in [0.29, 0.717) is 13.0 Å². The summed E-state index contributed by atoms with van der Waals surface area (Å²) in [6, 6.07) is 3.66. The second-order valence-corrected chi connectivity index (χ2v) is 5.25. The number of nitrogens with one attached hydrogen (secondary N) is 1. The van der Waals surface area contributed by atoms with Gasteiger partial charge in [0.15, 0.2) is 0 Å². The van der Waals surface area contributed by atoms with Crippen LogP contribution in [0.15, 0.2) is 24.5 Å². The Labute approximate surface area is 90.8 Å². The first-order valence-electron chi connectivity index (χ1n) is 5.00. The third kappa shape index (κ3) is 4.90. The first-order valence-corrected chi connectivity index (χ1v) is 6.65. The van der Waals surface area contributed by atoms with Crippen molar-refractivity contribution in [3.05, 3.63) is 30.1 Å². The van der Waals surface area contributed by atoms with Crippen LogP contribution in [0, 0.1) is 0 Å². The lowest BCUT2D eigenvalue weighted by Crippen LogP contribution is -2.27. The molecule has 1 heterocycles. The number of hydrogen-bond acceptors (Lipinski definition) is 3. The molecule has 84 valence electrons. The minimum Gasteiger partial charge on any atom is -0.265 e. The van der Waals surface area contributed by atoms with E-state index in [4.69, 9.17) is 0 Å². The number of aromatic nitrogens is 1. The zero-order chi connectivity index (χ0) is 11.1. The minimum atomic E-state index is -3.11. The Hall–Kier alpha value is -0.940. The van der Waals surface area contributed by atoms with Gasteiger partial charge in [-0.3, -0.25) is 4.98 Å². The molecule has 15 heavy (non-hydrogen) atoms. The average Bonchev–Trinajstić information content (AvgIpc) is 2.25. The van der Waals surface area contributed by atoms with Gasteiger partial charge in [0.25, 0.3) is 0 Å². The predicted molar refractivity (Wildman–Crippen MR) is 60.0 cm³/mol. The molecule has 1 rings (SSSR count). The smallest absolute Gasteiger partial charge is 0.211 e. The third-order valence-corrected chi connectivity index (χ3v) is 3.37. The summed E-state index contributed by atoms with van der Waals surface area (Å²) in [5.74, 6) is 0.136. The molecular weight excluding hydrogens is 212 g/mol. The first-order chi connectivity index (χ1) is 7.14. The Morgan fingerprint density at radius 2 is 2.00 bits per heavy atom. The molecule has 0 spiro atoms. The van der Waals surface area contributed by atoms with E-state index in [0.717, 1.165) is 12.0 Å². The highest BCUT2D eigenvalue weighted by atomic mass is 32.2. The van der Waals surface area contributed by atoms with E-state index in [2.05, 4.69) is 9.71 Å². The maximum Gasteiger partial charge on any atom is 0.211 e. The second-order valence-electron chi connectivity index (χ2n) is 3.32. The normalized spacial score (nSPS) is 11.5. The molecule has 0 saturated heterocycles. The zero-order valence-corrected chi connectivity index (χ0v) is 9.63. The van der Waals surface area contributed by atoms with Gasteiger partial charge in [-0.1, -0.05) is 6.92 Å². The molecule has 0 unspecified atom stereocenters. The average molecular weight is 228 g/mol. The molecule has 0 fully saturated rings. The van der Waals surface area contributed by atoms with Crippen LogP contribution in [0.5, 0.6) is 0 Å². The van der Waals surface area contributed by atoms with Crippen LogP contribution in [0.25, 0.3) is 0 Å². The highest BCUT2D eigenvalue weighted by molar-refractivity contribution is 7.89. The summed E-state index contributed by atoms with van der Waals surface area (Å²) in [4.78, 5) is 3.87. The summed E-state index contributed by atoms with van der Waals surface area (Å²) in [5, 5.41) is 0. The van der Waals surface area contributed by atoms with E-state index in [9.17, 15) is 8.42 Å². The van der Waals surface area contributed by atoms with Crippen LogP contribution < -0.4 is 4.72 Å². The van der Waals surface area contributed by atoms with Crippen LogP contribution in [0.4, 0.5) is 0 Å². The van der Waals surface area contributed by atoms with Gasteiger partial charge in [0.2, 0.25) is 10.0 Å². The van der Waals surface area contributed by atoms with Gasteiger partial charge in [0.1, 0.15) is 0 Å². The Kier molecular flexibility index (Phi) is 4.71. The van der Waals surface area contributed by atoms with Crippen molar-refractivity contribution in [2.75, 3.05) is 12.3 Å². The second kappa shape index (κ2) is 5.82. The fourth-order valence-electron chi connectivity index (χ4n) is 1.13. The number of rotatable bonds is 6. The largest absolute Gasteiger partial charge is 0.265 e. The maximum atomic E-state index is 11.4. The zero-order valence-electron chi connectivity index (χ0n) is 8.81. The summed E-state index contributed by atoms with van der Waals surface area (Å²) < 4.78 is 25.4. The molecule has 4 nitrogen and oxygen atoms in total. The molecular formula is C10H16N2O2S. The predicted octanol–water partition coefficient (Wildman–Crippen LogP) is 0.953. The molecule has 0 aliphatic carbocycles. The molecule has 0 aromatic carbocycles. The van der Waals surface area contributed by atoms with E-state index in [1.807, 2.05) is 19.1 Å². The van der Waals surface area contributed by atoms with Crippen LogP contribution >= 0.6 is 0 Å². The van der Waals surface area contributed by atoms with E-state index < -0.39 is 10.0 Å². The number of sulfonamides is 1. The maximum absolute atomic E-state index is 11.4. The van der Waals surface area contributed by atoms with Gasteiger partial charge >= 0.3 is 0 Å². The van der Waals surface area contributed by atoms with Crippen LogP contribution in [-0.2, 0) is 16.4 Å². The van der Waals surface area contributed by atoms with E-state index >= 15 is 0 Å². The molecule has 1 N–H and O–H groups in total. The SMILES string of the molecule is CCCNS(=O)(=O)CCc1ccncc1. The van der Waals surface area contributed by atoms with Crippen molar-refractivity contribution in [2.24, 2.45) is 0 Å². The van der Waals surface area contributed by atoms with E-state index in [1.165, 1.54) is 0 Å². The Morgan fingerprint density at radius 3 is 2.60 bits per heavy atom. The van der Waals surface area contributed by atoms with Gasteiger partial charge in [0.05, 0.1) is 5.75 Å². The number of pyridine rings is 1. The van der Waals surface area contributed by atoms with Crippen molar-refractivity contribution in [3.8, 4) is 0 Å². The van der Waals surface area contributed by atoms with Gasteiger partial charge in [-0.15, -0.1) is 0 Å². The van der Waals surface area contributed by atoms with E-state index in [1.54, 1.807) is 12.4 Å². The standard InChI is InChI=1S/C10H16N2O2S/c1-2-6-12-15(13,14)9-5-10-3-7-11-8-4-10/h3-4,7-8,12H,2,5-6,9H2,1H3. The van der Waals surface area contributed by atoms with Gasteiger partial charge in [0, 0.05) is 18.9 Å². The summed E-state index contributed by atoms with van der Waals surface area (Å²) >= 11 is 0. The lowest BCUT2D eigenvalue weighted by atomic mass is 10.2. The summed E-state index contributed by atoms with van der Waals surface area (Å²) in [7, 11) is -3.11. The number of aryl methyl sites for hydroxylation is 1.